The average Bonchev–Trinajstić information content (AvgIpc) is 1.61. The molecule has 2 heteroatoms. The van der Waals surface area contributed by atoms with Gasteiger partial charge < -0.3 is 4.79 Å². The van der Waals surface area contributed by atoms with Crippen molar-refractivity contribution in [1.82, 2.24) is 0 Å². The minimum absolute atomic E-state index is 0. The topological polar surface area (TPSA) is 17.1 Å². The van der Waals surface area contributed by atoms with Crippen molar-refractivity contribution in [1.29, 1.82) is 0 Å². The van der Waals surface area contributed by atoms with E-state index in [1.807, 2.05) is 0 Å². The molecule has 0 aromatic carbocycles. The van der Waals surface area contributed by atoms with Gasteiger partial charge in [-0.15, -0.1) is 6.58 Å². The molecule has 0 saturated heterocycles. The Morgan fingerprint density at radius 2 is 2.25 bits per heavy atom. The molecule has 0 unspecified atom stereocenters. The molecule has 0 amide bonds. The minimum atomic E-state index is 0. The van der Waals surface area contributed by atoms with Crippen LogP contribution in [-0.4, -0.2) is 5.78 Å². The predicted molar refractivity (Wildman–Crippen MR) is 30.1 cm³/mol. The van der Waals surface area contributed by atoms with Crippen LogP contribution in [0.3, 0.4) is 0 Å². The fourth-order valence-corrected chi connectivity index (χ4v) is 0.305. The monoisotopic (exact) mass is 204 g/mol. The van der Waals surface area contributed by atoms with Crippen LogP contribution < -0.4 is 0 Å². The fraction of sp³-hybridized carbons (Fsp3) is 0.500. The first-order valence-electron chi connectivity index (χ1n) is 2.37. The standard InChI is InChI=1S/C6H10O.Pd/c1-3-4-5-6(2)7;/h3H,1,4-5H2,2H3;. The zero-order chi connectivity index (χ0) is 5.70. The number of Topliss-reactive ketones (excluding diaryl/α,β-unsaturated/α-hetero) is 1. The third-order valence-corrected chi connectivity index (χ3v) is 0.701. The van der Waals surface area contributed by atoms with Gasteiger partial charge >= 0.3 is 0 Å². The first kappa shape index (κ1) is 10.9. The summed E-state index contributed by atoms with van der Waals surface area (Å²) in [6, 6.07) is 0. The largest absolute Gasteiger partial charge is 0.300 e. The van der Waals surface area contributed by atoms with Gasteiger partial charge in [-0.05, 0) is 13.3 Å². The number of allylic oxidation sites excluding steroid dienone is 1. The molecular formula is C6H10OPd. The molecule has 0 aliphatic heterocycles. The van der Waals surface area contributed by atoms with Gasteiger partial charge in [0.15, 0.2) is 0 Å². The molecule has 0 rings (SSSR count). The van der Waals surface area contributed by atoms with E-state index in [0.717, 1.165) is 6.42 Å². The van der Waals surface area contributed by atoms with Crippen LogP contribution >= 0.6 is 0 Å². The maximum Gasteiger partial charge on any atom is 0.130 e. The van der Waals surface area contributed by atoms with Crippen molar-refractivity contribution in [2.24, 2.45) is 0 Å². The van der Waals surface area contributed by atoms with Crippen LogP contribution in [0.25, 0.3) is 0 Å². The fourth-order valence-electron chi connectivity index (χ4n) is 0.305. The maximum absolute atomic E-state index is 10.2. The molecule has 0 aromatic rings. The first-order chi connectivity index (χ1) is 3.27. The van der Waals surface area contributed by atoms with Crippen LogP contribution in [-0.2, 0) is 25.2 Å². The van der Waals surface area contributed by atoms with Crippen LogP contribution in [0.2, 0.25) is 0 Å². The van der Waals surface area contributed by atoms with Crippen molar-refractivity contribution < 1.29 is 25.2 Å². The summed E-state index contributed by atoms with van der Waals surface area (Å²) >= 11 is 0. The molecule has 0 aliphatic rings. The summed E-state index contributed by atoms with van der Waals surface area (Å²) < 4.78 is 0. The molecule has 0 bridgehead atoms. The molecule has 50 valence electrons. The summed E-state index contributed by atoms with van der Waals surface area (Å²) in [4.78, 5) is 10.2. The van der Waals surface area contributed by atoms with Crippen molar-refractivity contribution in [3.05, 3.63) is 12.7 Å². The Hall–Kier alpha value is 0.0723. The second-order valence-corrected chi connectivity index (χ2v) is 1.53. The van der Waals surface area contributed by atoms with E-state index in [1.165, 1.54) is 0 Å². The molecule has 0 N–H and O–H groups in total. The third-order valence-electron chi connectivity index (χ3n) is 0.701. The van der Waals surface area contributed by atoms with Gasteiger partial charge in [0.1, 0.15) is 5.78 Å². The Bertz CT molecular complexity index is 78.6. The maximum atomic E-state index is 10.2. The number of carbonyl (C=O) groups is 1. The summed E-state index contributed by atoms with van der Waals surface area (Å²) in [5, 5.41) is 0. The molecule has 0 radical (unpaired) electrons. The van der Waals surface area contributed by atoms with Gasteiger partial charge in [0.2, 0.25) is 0 Å². The minimum Gasteiger partial charge on any atom is -0.300 e. The van der Waals surface area contributed by atoms with Gasteiger partial charge in [0.25, 0.3) is 0 Å². The summed E-state index contributed by atoms with van der Waals surface area (Å²) in [7, 11) is 0. The number of ketones is 1. The summed E-state index contributed by atoms with van der Waals surface area (Å²) in [6.07, 6.45) is 3.21. The summed E-state index contributed by atoms with van der Waals surface area (Å²) in [5.41, 5.74) is 0. The molecule has 0 fully saturated rings. The first-order valence-corrected chi connectivity index (χ1v) is 2.37. The molecule has 0 aromatic heterocycles. The van der Waals surface area contributed by atoms with E-state index in [-0.39, 0.29) is 26.2 Å². The molecule has 0 saturated carbocycles. The molecule has 0 atom stereocenters. The molecule has 1 nitrogen and oxygen atoms in total. The average molecular weight is 205 g/mol. The Morgan fingerprint density at radius 1 is 1.75 bits per heavy atom. The Balaban J connectivity index is 0. The zero-order valence-corrected chi connectivity index (χ0v) is 6.48. The number of rotatable bonds is 3. The SMILES string of the molecule is C=CCCC(C)=O.[Pd]. The van der Waals surface area contributed by atoms with E-state index >= 15 is 0 Å². The second kappa shape index (κ2) is 7.07. The molecule has 0 spiro atoms. The molecule has 0 aliphatic carbocycles. The Kier molecular flexibility index (Phi) is 9.68. The van der Waals surface area contributed by atoms with E-state index in [9.17, 15) is 4.79 Å². The van der Waals surface area contributed by atoms with E-state index in [0.29, 0.717) is 6.42 Å². The van der Waals surface area contributed by atoms with Crippen molar-refractivity contribution in [2.75, 3.05) is 0 Å². The van der Waals surface area contributed by atoms with Crippen molar-refractivity contribution in [3.63, 3.8) is 0 Å². The van der Waals surface area contributed by atoms with E-state index in [1.54, 1.807) is 13.0 Å². The number of hydrogen-bond acceptors (Lipinski definition) is 1. The third kappa shape index (κ3) is 9.42. The van der Waals surface area contributed by atoms with Gasteiger partial charge in [0, 0.05) is 26.8 Å². The smallest absolute Gasteiger partial charge is 0.130 e. The van der Waals surface area contributed by atoms with Crippen LogP contribution in [0, 0.1) is 0 Å². The van der Waals surface area contributed by atoms with Crippen molar-refractivity contribution >= 4 is 5.78 Å². The predicted octanol–water partition coefficient (Wildman–Crippen LogP) is 1.54. The van der Waals surface area contributed by atoms with E-state index in [4.69, 9.17) is 0 Å². The van der Waals surface area contributed by atoms with Gasteiger partial charge in [-0.25, -0.2) is 0 Å². The number of carbonyl (C=O) groups excluding carboxylic acids is 1. The van der Waals surface area contributed by atoms with Gasteiger partial charge in [-0.1, -0.05) is 6.08 Å². The van der Waals surface area contributed by atoms with Crippen LogP contribution in [0.5, 0.6) is 0 Å². The quantitative estimate of drug-likeness (QED) is 0.504. The molecule has 0 heterocycles. The Labute approximate surface area is 63.8 Å². The van der Waals surface area contributed by atoms with Crippen LogP contribution in [0.4, 0.5) is 0 Å². The second-order valence-electron chi connectivity index (χ2n) is 1.53. The molecular weight excluding hydrogens is 194 g/mol. The molecule has 8 heavy (non-hydrogen) atoms. The van der Waals surface area contributed by atoms with Crippen LogP contribution in [0.15, 0.2) is 12.7 Å². The van der Waals surface area contributed by atoms with Crippen molar-refractivity contribution in [3.8, 4) is 0 Å². The van der Waals surface area contributed by atoms with E-state index in [2.05, 4.69) is 6.58 Å². The van der Waals surface area contributed by atoms with E-state index < -0.39 is 0 Å². The zero-order valence-electron chi connectivity index (χ0n) is 4.92. The Morgan fingerprint density at radius 3 is 2.38 bits per heavy atom. The van der Waals surface area contributed by atoms with Gasteiger partial charge in [-0.2, -0.15) is 0 Å². The normalized spacial score (nSPS) is 7.12. The van der Waals surface area contributed by atoms with Crippen molar-refractivity contribution in [2.45, 2.75) is 19.8 Å². The summed E-state index contributed by atoms with van der Waals surface area (Å²) in [6.45, 7) is 5.07. The van der Waals surface area contributed by atoms with Gasteiger partial charge in [0.05, 0.1) is 0 Å². The van der Waals surface area contributed by atoms with Gasteiger partial charge in [-0.3, -0.25) is 0 Å². The number of hydrogen-bond donors (Lipinski definition) is 0. The van der Waals surface area contributed by atoms with Crippen LogP contribution in [0.1, 0.15) is 19.8 Å². The summed E-state index contributed by atoms with van der Waals surface area (Å²) in [5.74, 6) is 0.236.